The van der Waals surface area contributed by atoms with Gasteiger partial charge in [0.05, 0.1) is 6.54 Å². The molecule has 1 rings (SSSR count). The van der Waals surface area contributed by atoms with Gasteiger partial charge >= 0.3 is 0 Å². The summed E-state index contributed by atoms with van der Waals surface area (Å²) in [6.07, 6.45) is 2.05. The fraction of sp³-hybridized carbons (Fsp3) is 0.467. The number of halogens is 1. The summed E-state index contributed by atoms with van der Waals surface area (Å²) in [5, 5.41) is 8.44. The Morgan fingerprint density at radius 2 is 1.76 bits per heavy atom. The number of carbonyl (C=O) groups excluding carboxylic acids is 2. The summed E-state index contributed by atoms with van der Waals surface area (Å²) < 4.78 is 0. The molecule has 0 spiro atoms. The van der Waals surface area contributed by atoms with E-state index in [1.807, 2.05) is 12.1 Å². The number of hydrogen-bond donors (Lipinski definition) is 3. The average Bonchev–Trinajstić information content (AvgIpc) is 2.46. The monoisotopic (exact) mass is 313 g/mol. The standard InChI is InChI=1S/C15H23N3O2.ClH/c1-3-4-9-17-15(20)13-7-5-12(6-8-13)10-18-14(19)11-16-2;/h5-8,16H,3-4,9-11H2,1-2H3,(H,17,20)(H,18,19);1H. The first-order valence-corrected chi connectivity index (χ1v) is 6.95. The smallest absolute Gasteiger partial charge is 0.251 e. The first kappa shape index (κ1) is 19.4. The van der Waals surface area contributed by atoms with Gasteiger partial charge < -0.3 is 16.0 Å². The van der Waals surface area contributed by atoms with Crippen LogP contribution in [0.1, 0.15) is 35.7 Å². The molecule has 0 heterocycles. The van der Waals surface area contributed by atoms with E-state index in [0.717, 1.165) is 18.4 Å². The van der Waals surface area contributed by atoms with E-state index < -0.39 is 0 Å². The van der Waals surface area contributed by atoms with Crippen molar-refractivity contribution < 1.29 is 9.59 Å². The van der Waals surface area contributed by atoms with Crippen LogP contribution >= 0.6 is 12.4 Å². The molecule has 2 amide bonds. The zero-order valence-electron chi connectivity index (χ0n) is 12.6. The average molecular weight is 314 g/mol. The van der Waals surface area contributed by atoms with E-state index >= 15 is 0 Å². The molecule has 0 saturated carbocycles. The van der Waals surface area contributed by atoms with E-state index in [4.69, 9.17) is 0 Å². The number of likely N-dealkylation sites (N-methyl/N-ethyl adjacent to an activating group) is 1. The first-order chi connectivity index (χ1) is 9.67. The van der Waals surface area contributed by atoms with Gasteiger partial charge in [-0.25, -0.2) is 0 Å². The zero-order chi connectivity index (χ0) is 14.8. The number of nitrogens with one attached hydrogen (secondary N) is 3. The quantitative estimate of drug-likeness (QED) is 0.637. The molecule has 5 nitrogen and oxygen atoms in total. The Balaban J connectivity index is 0.00000400. The van der Waals surface area contributed by atoms with Crippen LogP contribution in [0.3, 0.4) is 0 Å². The van der Waals surface area contributed by atoms with Crippen LogP contribution in [0.2, 0.25) is 0 Å². The lowest BCUT2D eigenvalue weighted by Gasteiger charge is -2.07. The Morgan fingerprint density at radius 3 is 2.33 bits per heavy atom. The normalized spacial score (nSPS) is 9.62. The van der Waals surface area contributed by atoms with Gasteiger partial charge in [0.25, 0.3) is 5.91 Å². The molecular weight excluding hydrogens is 290 g/mol. The highest BCUT2D eigenvalue weighted by Gasteiger charge is 2.05. The van der Waals surface area contributed by atoms with Gasteiger partial charge in [-0.15, -0.1) is 12.4 Å². The molecule has 6 heteroatoms. The van der Waals surface area contributed by atoms with Gasteiger partial charge in [-0.1, -0.05) is 25.5 Å². The Labute approximate surface area is 132 Å². The van der Waals surface area contributed by atoms with E-state index in [-0.39, 0.29) is 24.2 Å². The van der Waals surface area contributed by atoms with Crippen molar-refractivity contribution in [3.63, 3.8) is 0 Å². The predicted molar refractivity (Wildman–Crippen MR) is 86.7 cm³/mol. The SMILES string of the molecule is CCCCNC(=O)c1ccc(CNC(=O)CNC)cc1.Cl. The predicted octanol–water partition coefficient (Wildman–Crippen LogP) is 1.47. The van der Waals surface area contributed by atoms with Crippen molar-refractivity contribution in [2.75, 3.05) is 20.1 Å². The summed E-state index contributed by atoms with van der Waals surface area (Å²) in [6.45, 7) is 3.57. The van der Waals surface area contributed by atoms with Crippen molar-refractivity contribution in [2.45, 2.75) is 26.3 Å². The summed E-state index contributed by atoms with van der Waals surface area (Å²) in [5.74, 6) is -0.0990. The van der Waals surface area contributed by atoms with Crippen LogP contribution in [0.25, 0.3) is 0 Å². The molecule has 0 aliphatic heterocycles. The van der Waals surface area contributed by atoms with Crippen molar-refractivity contribution in [1.29, 1.82) is 0 Å². The lowest BCUT2D eigenvalue weighted by atomic mass is 10.1. The largest absolute Gasteiger partial charge is 0.352 e. The van der Waals surface area contributed by atoms with Crippen LogP contribution in [0.15, 0.2) is 24.3 Å². The molecule has 0 atom stereocenters. The number of unbranched alkanes of at least 4 members (excludes halogenated alkanes) is 1. The third kappa shape index (κ3) is 7.68. The van der Waals surface area contributed by atoms with Crippen LogP contribution in [-0.2, 0) is 11.3 Å². The van der Waals surface area contributed by atoms with E-state index in [9.17, 15) is 9.59 Å². The highest BCUT2D eigenvalue weighted by atomic mass is 35.5. The molecule has 0 unspecified atom stereocenters. The van der Waals surface area contributed by atoms with Gasteiger partial charge in [-0.3, -0.25) is 9.59 Å². The molecule has 0 saturated heterocycles. The number of amides is 2. The molecular formula is C15H24ClN3O2. The van der Waals surface area contributed by atoms with Crippen molar-refractivity contribution in [3.05, 3.63) is 35.4 Å². The Kier molecular flexibility index (Phi) is 10.3. The second kappa shape index (κ2) is 11.1. The van der Waals surface area contributed by atoms with E-state index in [2.05, 4.69) is 22.9 Å². The van der Waals surface area contributed by atoms with Gasteiger partial charge in [-0.2, -0.15) is 0 Å². The third-order valence-electron chi connectivity index (χ3n) is 2.86. The Morgan fingerprint density at radius 1 is 1.10 bits per heavy atom. The van der Waals surface area contributed by atoms with Gasteiger partial charge in [0.2, 0.25) is 5.91 Å². The molecule has 0 aromatic heterocycles. The fourth-order valence-corrected chi connectivity index (χ4v) is 1.68. The summed E-state index contributed by atoms with van der Waals surface area (Å²) >= 11 is 0. The van der Waals surface area contributed by atoms with Crippen LogP contribution in [-0.4, -0.2) is 32.0 Å². The van der Waals surface area contributed by atoms with Gasteiger partial charge in [-0.05, 0) is 31.2 Å². The molecule has 1 aromatic carbocycles. The van der Waals surface area contributed by atoms with Crippen molar-refractivity contribution in [3.8, 4) is 0 Å². The van der Waals surface area contributed by atoms with Crippen LogP contribution in [0.4, 0.5) is 0 Å². The summed E-state index contributed by atoms with van der Waals surface area (Å²) in [7, 11) is 1.73. The molecule has 21 heavy (non-hydrogen) atoms. The molecule has 0 aliphatic carbocycles. The molecule has 0 aliphatic rings. The number of benzene rings is 1. The van der Waals surface area contributed by atoms with Crippen molar-refractivity contribution in [2.24, 2.45) is 0 Å². The van der Waals surface area contributed by atoms with Crippen molar-refractivity contribution in [1.82, 2.24) is 16.0 Å². The van der Waals surface area contributed by atoms with Gasteiger partial charge in [0.1, 0.15) is 0 Å². The number of rotatable bonds is 8. The summed E-state index contributed by atoms with van der Waals surface area (Å²) in [6, 6.07) is 7.27. The number of hydrogen-bond acceptors (Lipinski definition) is 3. The summed E-state index contributed by atoms with van der Waals surface area (Å²) in [5.41, 5.74) is 1.62. The topological polar surface area (TPSA) is 70.2 Å². The highest BCUT2D eigenvalue weighted by molar-refractivity contribution is 5.94. The maximum atomic E-state index is 11.8. The fourth-order valence-electron chi connectivity index (χ4n) is 1.68. The first-order valence-electron chi connectivity index (χ1n) is 6.95. The molecule has 1 aromatic rings. The van der Waals surface area contributed by atoms with Crippen molar-refractivity contribution >= 4 is 24.2 Å². The Bertz CT molecular complexity index is 435. The van der Waals surface area contributed by atoms with E-state index in [0.29, 0.717) is 25.2 Å². The number of carbonyl (C=O) groups is 2. The van der Waals surface area contributed by atoms with E-state index in [1.165, 1.54) is 0 Å². The second-order valence-electron chi connectivity index (χ2n) is 4.61. The van der Waals surface area contributed by atoms with Crippen LogP contribution in [0.5, 0.6) is 0 Å². The highest BCUT2D eigenvalue weighted by Crippen LogP contribution is 2.04. The Hall–Kier alpha value is -1.59. The minimum absolute atomic E-state index is 0. The molecule has 118 valence electrons. The molecule has 0 radical (unpaired) electrons. The lowest BCUT2D eigenvalue weighted by Crippen LogP contribution is -2.31. The maximum absolute atomic E-state index is 11.8. The summed E-state index contributed by atoms with van der Waals surface area (Å²) in [4.78, 5) is 23.1. The zero-order valence-corrected chi connectivity index (χ0v) is 13.4. The molecule has 0 bridgehead atoms. The lowest BCUT2D eigenvalue weighted by molar-refractivity contribution is -0.120. The maximum Gasteiger partial charge on any atom is 0.251 e. The minimum Gasteiger partial charge on any atom is -0.352 e. The van der Waals surface area contributed by atoms with Gasteiger partial charge in [0.15, 0.2) is 0 Å². The van der Waals surface area contributed by atoms with Gasteiger partial charge in [0, 0.05) is 18.7 Å². The third-order valence-corrected chi connectivity index (χ3v) is 2.86. The minimum atomic E-state index is -0.0516. The van der Waals surface area contributed by atoms with Crippen LogP contribution in [0, 0.1) is 0 Å². The van der Waals surface area contributed by atoms with E-state index in [1.54, 1.807) is 19.2 Å². The second-order valence-corrected chi connectivity index (χ2v) is 4.61. The molecule has 3 N–H and O–H groups in total. The molecule has 0 fully saturated rings. The van der Waals surface area contributed by atoms with Crippen LogP contribution < -0.4 is 16.0 Å².